The zero-order chi connectivity index (χ0) is 12.0. The van der Waals surface area contributed by atoms with E-state index >= 15 is 0 Å². The van der Waals surface area contributed by atoms with Crippen molar-refractivity contribution in [2.45, 2.75) is 25.9 Å². The molecule has 1 aromatic rings. The Morgan fingerprint density at radius 2 is 2.19 bits per heavy atom. The summed E-state index contributed by atoms with van der Waals surface area (Å²) in [4.78, 5) is 0. The Morgan fingerprint density at radius 3 is 2.75 bits per heavy atom. The minimum atomic E-state index is -0.187. The first kappa shape index (κ1) is 13.1. The summed E-state index contributed by atoms with van der Waals surface area (Å²) in [6.07, 6.45) is 1.91. The maximum Gasteiger partial charge on any atom is 0.123 e. The molecule has 3 heteroatoms. The molecular formula is C13H20FNO. The van der Waals surface area contributed by atoms with Crippen LogP contribution in [0, 0.1) is 11.7 Å². The van der Waals surface area contributed by atoms with Gasteiger partial charge in [-0.3, -0.25) is 0 Å². The Balaban J connectivity index is 2.56. The van der Waals surface area contributed by atoms with Gasteiger partial charge in [0.1, 0.15) is 5.82 Å². The molecule has 0 aromatic heterocycles. The van der Waals surface area contributed by atoms with E-state index in [2.05, 4.69) is 0 Å². The molecule has 2 unspecified atom stereocenters. The van der Waals surface area contributed by atoms with Crippen molar-refractivity contribution in [3.05, 3.63) is 35.6 Å². The smallest absolute Gasteiger partial charge is 0.123 e. The zero-order valence-electron chi connectivity index (χ0n) is 9.95. The van der Waals surface area contributed by atoms with Gasteiger partial charge < -0.3 is 10.5 Å². The van der Waals surface area contributed by atoms with Gasteiger partial charge in [-0.15, -0.1) is 0 Å². The largest absolute Gasteiger partial charge is 0.382 e. The Kier molecular flexibility index (Phi) is 5.43. The van der Waals surface area contributed by atoms with Gasteiger partial charge >= 0.3 is 0 Å². The number of nitrogens with two attached hydrogens (primary N) is 1. The van der Waals surface area contributed by atoms with Crippen molar-refractivity contribution < 1.29 is 9.13 Å². The Labute approximate surface area is 96.6 Å². The third-order valence-electron chi connectivity index (χ3n) is 2.81. The van der Waals surface area contributed by atoms with Gasteiger partial charge in [-0.2, -0.15) is 0 Å². The van der Waals surface area contributed by atoms with Crippen LogP contribution in [0.1, 0.15) is 18.9 Å². The van der Waals surface area contributed by atoms with Crippen molar-refractivity contribution in [3.8, 4) is 0 Å². The fourth-order valence-electron chi connectivity index (χ4n) is 1.83. The van der Waals surface area contributed by atoms with Crippen LogP contribution in [0.3, 0.4) is 0 Å². The number of ether oxygens (including phenoxy) is 1. The van der Waals surface area contributed by atoms with Crippen LogP contribution in [0.2, 0.25) is 0 Å². The maximum atomic E-state index is 13.0. The highest BCUT2D eigenvalue weighted by molar-refractivity contribution is 5.16. The molecule has 0 spiro atoms. The van der Waals surface area contributed by atoms with Crippen LogP contribution in [0.4, 0.5) is 4.39 Å². The molecule has 0 radical (unpaired) electrons. The van der Waals surface area contributed by atoms with Crippen LogP contribution >= 0.6 is 0 Å². The highest BCUT2D eigenvalue weighted by Gasteiger charge is 2.12. The number of methoxy groups -OCH3 is 1. The lowest BCUT2D eigenvalue weighted by Crippen LogP contribution is -2.22. The molecule has 0 amide bonds. The van der Waals surface area contributed by atoms with Gasteiger partial charge in [0, 0.05) is 7.11 Å². The van der Waals surface area contributed by atoms with E-state index in [-0.39, 0.29) is 11.9 Å². The van der Waals surface area contributed by atoms with Crippen molar-refractivity contribution in [1.82, 2.24) is 0 Å². The fourth-order valence-corrected chi connectivity index (χ4v) is 1.83. The normalized spacial score (nSPS) is 14.8. The second kappa shape index (κ2) is 6.61. The third kappa shape index (κ3) is 4.29. The number of hydrogen-bond donors (Lipinski definition) is 1. The van der Waals surface area contributed by atoms with Gasteiger partial charge in [0.15, 0.2) is 0 Å². The highest BCUT2D eigenvalue weighted by atomic mass is 19.1. The van der Waals surface area contributed by atoms with E-state index in [4.69, 9.17) is 10.5 Å². The van der Waals surface area contributed by atoms with Gasteiger partial charge in [-0.05, 0) is 49.9 Å². The molecule has 1 aromatic carbocycles. The monoisotopic (exact) mass is 225 g/mol. The van der Waals surface area contributed by atoms with E-state index in [1.165, 1.54) is 6.07 Å². The summed E-state index contributed by atoms with van der Waals surface area (Å²) in [7, 11) is 1.69. The summed E-state index contributed by atoms with van der Waals surface area (Å²) >= 11 is 0. The average molecular weight is 225 g/mol. The summed E-state index contributed by atoms with van der Waals surface area (Å²) in [5, 5.41) is 0. The quantitative estimate of drug-likeness (QED) is 0.806. The van der Waals surface area contributed by atoms with Crippen LogP contribution in [0.5, 0.6) is 0 Å². The van der Waals surface area contributed by atoms with E-state index in [1.807, 2.05) is 13.0 Å². The molecule has 16 heavy (non-hydrogen) atoms. The van der Waals surface area contributed by atoms with Gasteiger partial charge in [0.25, 0.3) is 0 Å². The molecule has 0 heterocycles. The first-order valence-electron chi connectivity index (χ1n) is 5.63. The van der Waals surface area contributed by atoms with Gasteiger partial charge in [-0.25, -0.2) is 4.39 Å². The first-order chi connectivity index (χ1) is 7.65. The molecule has 2 atom stereocenters. The second-order valence-electron chi connectivity index (χ2n) is 4.22. The molecule has 0 saturated heterocycles. The standard InChI is InChI=1S/C13H20FNO/c1-10(16-2)6-12(9-15)7-11-4-3-5-13(14)8-11/h3-5,8,10,12H,6-7,9,15H2,1-2H3. The summed E-state index contributed by atoms with van der Waals surface area (Å²) < 4.78 is 18.2. The third-order valence-corrected chi connectivity index (χ3v) is 2.81. The van der Waals surface area contributed by atoms with E-state index in [1.54, 1.807) is 19.2 Å². The van der Waals surface area contributed by atoms with Crippen LogP contribution in [-0.2, 0) is 11.2 Å². The van der Waals surface area contributed by atoms with Crippen LogP contribution < -0.4 is 5.73 Å². The van der Waals surface area contributed by atoms with E-state index in [0.29, 0.717) is 12.5 Å². The summed E-state index contributed by atoms with van der Waals surface area (Å²) in [5.41, 5.74) is 6.71. The van der Waals surface area contributed by atoms with Crippen LogP contribution in [0.15, 0.2) is 24.3 Å². The van der Waals surface area contributed by atoms with E-state index < -0.39 is 0 Å². The lowest BCUT2D eigenvalue weighted by atomic mass is 9.94. The molecule has 0 aliphatic carbocycles. The minimum absolute atomic E-state index is 0.187. The van der Waals surface area contributed by atoms with E-state index in [0.717, 1.165) is 18.4 Å². The topological polar surface area (TPSA) is 35.2 Å². The number of halogens is 1. The molecule has 0 bridgehead atoms. The predicted molar refractivity (Wildman–Crippen MR) is 63.7 cm³/mol. The fraction of sp³-hybridized carbons (Fsp3) is 0.538. The second-order valence-corrected chi connectivity index (χ2v) is 4.22. The van der Waals surface area contributed by atoms with E-state index in [9.17, 15) is 4.39 Å². The molecule has 2 N–H and O–H groups in total. The Bertz CT molecular complexity index is 317. The van der Waals surface area contributed by atoms with Gasteiger partial charge in [-0.1, -0.05) is 12.1 Å². The molecule has 0 saturated carbocycles. The molecular weight excluding hydrogens is 205 g/mol. The summed E-state index contributed by atoms with van der Waals surface area (Å²) in [6, 6.07) is 6.69. The highest BCUT2D eigenvalue weighted by Crippen LogP contribution is 2.15. The molecule has 0 fully saturated rings. The lowest BCUT2D eigenvalue weighted by Gasteiger charge is -2.18. The SMILES string of the molecule is COC(C)CC(CN)Cc1cccc(F)c1. The van der Waals surface area contributed by atoms with Crippen molar-refractivity contribution >= 4 is 0 Å². The zero-order valence-corrected chi connectivity index (χ0v) is 9.95. The lowest BCUT2D eigenvalue weighted by molar-refractivity contribution is 0.0959. The van der Waals surface area contributed by atoms with Crippen molar-refractivity contribution in [2.75, 3.05) is 13.7 Å². The summed E-state index contributed by atoms with van der Waals surface area (Å²) in [5.74, 6) is 0.157. The number of rotatable bonds is 6. The predicted octanol–water partition coefficient (Wildman–Crippen LogP) is 2.37. The molecule has 2 nitrogen and oxygen atoms in total. The van der Waals surface area contributed by atoms with Crippen molar-refractivity contribution in [2.24, 2.45) is 11.7 Å². The Morgan fingerprint density at radius 1 is 1.44 bits per heavy atom. The first-order valence-corrected chi connectivity index (χ1v) is 5.63. The van der Waals surface area contributed by atoms with Gasteiger partial charge in [0.2, 0.25) is 0 Å². The number of hydrogen-bond acceptors (Lipinski definition) is 2. The minimum Gasteiger partial charge on any atom is -0.382 e. The van der Waals surface area contributed by atoms with Crippen molar-refractivity contribution in [1.29, 1.82) is 0 Å². The maximum absolute atomic E-state index is 13.0. The number of benzene rings is 1. The van der Waals surface area contributed by atoms with Crippen LogP contribution in [0.25, 0.3) is 0 Å². The molecule has 0 aliphatic rings. The summed E-state index contributed by atoms with van der Waals surface area (Å²) in [6.45, 7) is 2.62. The Hall–Kier alpha value is -0.930. The molecule has 0 aliphatic heterocycles. The van der Waals surface area contributed by atoms with Crippen molar-refractivity contribution in [3.63, 3.8) is 0 Å². The average Bonchev–Trinajstić information content (AvgIpc) is 2.28. The van der Waals surface area contributed by atoms with Crippen LogP contribution in [-0.4, -0.2) is 19.8 Å². The molecule has 90 valence electrons. The molecule has 1 rings (SSSR count). The van der Waals surface area contributed by atoms with Gasteiger partial charge in [0.05, 0.1) is 6.10 Å².